The number of hydrogen-bond donors (Lipinski definition) is 1. The Morgan fingerprint density at radius 3 is 2.75 bits per heavy atom. The van der Waals surface area contributed by atoms with Crippen molar-refractivity contribution in [2.24, 2.45) is 0 Å². The first kappa shape index (κ1) is 8.80. The van der Waals surface area contributed by atoms with Crippen LogP contribution in [0.4, 0.5) is 11.5 Å². The van der Waals surface area contributed by atoms with Crippen molar-refractivity contribution < 1.29 is 4.84 Å². The predicted octanol–water partition coefficient (Wildman–Crippen LogP) is 0.970. The molecule has 1 heterocycles. The molecule has 4 nitrogen and oxygen atoms in total. The lowest BCUT2D eigenvalue weighted by Gasteiger charge is -2.14. The fourth-order valence-corrected chi connectivity index (χ4v) is 0.793. The molecule has 0 atom stereocenters. The van der Waals surface area contributed by atoms with Crippen LogP contribution in [0, 0.1) is 6.92 Å². The summed E-state index contributed by atoms with van der Waals surface area (Å²) in [5.41, 5.74) is 7.39. The zero-order valence-electron chi connectivity index (χ0n) is 7.53. The van der Waals surface area contributed by atoms with Crippen molar-refractivity contribution in [1.29, 1.82) is 0 Å². The summed E-state index contributed by atoms with van der Waals surface area (Å²) in [6, 6.07) is 1.78. The molecule has 0 aliphatic heterocycles. The molecule has 0 saturated carbocycles. The number of hydroxylamine groups is 1. The topological polar surface area (TPSA) is 51.4 Å². The highest BCUT2D eigenvalue weighted by Gasteiger charge is 2.02. The molecule has 0 unspecified atom stereocenters. The molecule has 12 heavy (non-hydrogen) atoms. The van der Waals surface area contributed by atoms with Gasteiger partial charge >= 0.3 is 0 Å². The van der Waals surface area contributed by atoms with E-state index in [1.807, 2.05) is 6.92 Å². The Kier molecular flexibility index (Phi) is 2.50. The van der Waals surface area contributed by atoms with Crippen molar-refractivity contribution in [3.8, 4) is 0 Å². The summed E-state index contributed by atoms with van der Waals surface area (Å²) in [7, 11) is 3.36. The molecule has 1 rings (SSSR count). The fraction of sp³-hybridized carbons (Fsp3) is 0.375. The quantitative estimate of drug-likeness (QED) is 0.667. The number of hydrogen-bond acceptors (Lipinski definition) is 4. The predicted molar refractivity (Wildman–Crippen MR) is 48.8 cm³/mol. The van der Waals surface area contributed by atoms with Gasteiger partial charge in [0.15, 0.2) is 5.82 Å². The first-order valence-electron chi connectivity index (χ1n) is 3.65. The van der Waals surface area contributed by atoms with Crippen LogP contribution >= 0.6 is 0 Å². The molecule has 0 aromatic carbocycles. The number of nitrogen functional groups attached to an aromatic ring is 1. The summed E-state index contributed by atoms with van der Waals surface area (Å²) in [4.78, 5) is 9.08. The summed E-state index contributed by atoms with van der Waals surface area (Å²) in [5.74, 6) is 0.709. The minimum atomic E-state index is 0.709. The van der Waals surface area contributed by atoms with Gasteiger partial charge < -0.3 is 5.73 Å². The number of nitrogens with zero attached hydrogens (tertiary/aromatic N) is 2. The molecule has 4 heteroatoms. The van der Waals surface area contributed by atoms with Crippen LogP contribution in [0.2, 0.25) is 0 Å². The molecule has 0 aliphatic carbocycles. The third-order valence-corrected chi connectivity index (χ3v) is 1.73. The minimum Gasteiger partial charge on any atom is -0.398 e. The van der Waals surface area contributed by atoms with Gasteiger partial charge in [-0.3, -0.25) is 4.84 Å². The molecule has 1 aromatic heterocycles. The van der Waals surface area contributed by atoms with Crippen molar-refractivity contribution in [3.05, 3.63) is 17.8 Å². The van der Waals surface area contributed by atoms with Crippen LogP contribution < -0.4 is 10.8 Å². The van der Waals surface area contributed by atoms with Crippen LogP contribution in [0.5, 0.6) is 0 Å². The first-order valence-corrected chi connectivity index (χ1v) is 3.65. The molecule has 1 aromatic rings. The van der Waals surface area contributed by atoms with E-state index in [4.69, 9.17) is 10.6 Å². The van der Waals surface area contributed by atoms with E-state index in [9.17, 15) is 0 Å². The zero-order chi connectivity index (χ0) is 9.14. The van der Waals surface area contributed by atoms with Gasteiger partial charge in [-0.15, -0.1) is 0 Å². The Labute approximate surface area is 71.9 Å². The van der Waals surface area contributed by atoms with Crippen molar-refractivity contribution in [1.82, 2.24) is 4.98 Å². The first-order chi connectivity index (χ1) is 5.65. The van der Waals surface area contributed by atoms with Crippen molar-refractivity contribution in [2.75, 3.05) is 25.0 Å². The second-order valence-electron chi connectivity index (χ2n) is 2.58. The van der Waals surface area contributed by atoms with E-state index in [0.717, 1.165) is 11.3 Å². The normalized spacial score (nSPS) is 9.92. The van der Waals surface area contributed by atoms with E-state index in [1.54, 1.807) is 31.5 Å². The van der Waals surface area contributed by atoms with Gasteiger partial charge in [-0.2, -0.15) is 0 Å². The Morgan fingerprint density at radius 1 is 1.58 bits per heavy atom. The number of pyridine rings is 1. The van der Waals surface area contributed by atoms with Gasteiger partial charge in [-0.25, -0.2) is 10.0 Å². The molecule has 0 bridgehead atoms. The molecule has 0 amide bonds. The molecule has 2 N–H and O–H groups in total. The Bertz CT molecular complexity index is 275. The lowest BCUT2D eigenvalue weighted by atomic mass is 10.2. The highest BCUT2D eigenvalue weighted by atomic mass is 16.7. The van der Waals surface area contributed by atoms with Crippen LogP contribution in [0.1, 0.15) is 5.56 Å². The van der Waals surface area contributed by atoms with E-state index < -0.39 is 0 Å². The van der Waals surface area contributed by atoms with E-state index in [1.165, 1.54) is 0 Å². The Hall–Kier alpha value is -1.29. The maximum absolute atomic E-state index is 5.69. The van der Waals surface area contributed by atoms with E-state index in [2.05, 4.69) is 4.98 Å². The summed E-state index contributed by atoms with van der Waals surface area (Å²) in [5, 5.41) is 1.55. The number of aryl methyl sites for hydroxylation is 1. The molecular formula is C8H13N3O. The molecule has 0 spiro atoms. The van der Waals surface area contributed by atoms with Crippen molar-refractivity contribution in [3.63, 3.8) is 0 Å². The lowest BCUT2D eigenvalue weighted by Crippen LogP contribution is -2.16. The highest BCUT2D eigenvalue weighted by Crippen LogP contribution is 2.15. The van der Waals surface area contributed by atoms with Crippen LogP contribution in [0.15, 0.2) is 12.3 Å². The van der Waals surface area contributed by atoms with Crippen molar-refractivity contribution in [2.45, 2.75) is 6.92 Å². The molecule has 0 fully saturated rings. The monoisotopic (exact) mass is 167 g/mol. The van der Waals surface area contributed by atoms with Gasteiger partial charge in [0.1, 0.15) is 0 Å². The van der Waals surface area contributed by atoms with Gasteiger partial charge in [0, 0.05) is 25.0 Å². The van der Waals surface area contributed by atoms with Gasteiger partial charge in [-0.1, -0.05) is 0 Å². The maximum Gasteiger partial charge on any atom is 0.154 e. The average Bonchev–Trinajstić information content (AvgIpc) is 2.08. The summed E-state index contributed by atoms with van der Waals surface area (Å²) < 4.78 is 0. The third kappa shape index (κ3) is 1.65. The van der Waals surface area contributed by atoms with Crippen LogP contribution in [0.25, 0.3) is 0 Å². The maximum atomic E-state index is 5.69. The van der Waals surface area contributed by atoms with E-state index in [-0.39, 0.29) is 0 Å². The van der Waals surface area contributed by atoms with Crippen LogP contribution in [-0.2, 0) is 4.84 Å². The largest absolute Gasteiger partial charge is 0.398 e. The van der Waals surface area contributed by atoms with E-state index >= 15 is 0 Å². The van der Waals surface area contributed by atoms with Crippen molar-refractivity contribution >= 4 is 11.5 Å². The zero-order valence-corrected chi connectivity index (χ0v) is 7.53. The second kappa shape index (κ2) is 3.40. The molecule has 66 valence electrons. The van der Waals surface area contributed by atoms with Gasteiger partial charge in [-0.05, 0) is 12.5 Å². The summed E-state index contributed by atoms with van der Waals surface area (Å²) >= 11 is 0. The Balaban J connectivity index is 2.96. The highest BCUT2D eigenvalue weighted by molar-refractivity contribution is 5.53. The number of aromatic nitrogens is 1. The Morgan fingerprint density at radius 2 is 2.25 bits per heavy atom. The molecule has 0 saturated heterocycles. The second-order valence-corrected chi connectivity index (χ2v) is 2.58. The van der Waals surface area contributed by atoms with Crippen LogP contribution in [0.3, 0.4) is 0 Å². The molecular weight excluding hydrogens is 154 g/mol. The standard InChI is InChI=1S/C8H13N3O/c1-6-5-10-8(4-7(6)9)11(2)12-3/h4-5H,1-3H3,(H2,9,10). The number of rotatable bonds is 2. The third-order valence-electron chi connectivity index (χ3n) is 1.73. The SMILES string of the molecule is CON(C)c1cc(N)c(C)cn1. The lowest BCUT2D eigenvalue weighted by molar-refractivity contribution is 0.182. The van der Waals surface area contributed by atoms with Gasteiger partial charge in [0.25, 0.3) is 0 Å². The minimum absolute atomic E-state index is 0.709. The summed E-state index contributed by atoms with van der Waals surface area (Å²) in [6.07, 6.45) is 1.72. The van der Waals surface area contributed by atoms with E-state index in [0.29, 0.717) is 5.82 Å². The van der Waals surface area contributed by atoms with Crippen LogP contribution in [-0.4, -0.2) is 19.1 Å². The van der Waals surface area contributed by atoms with Gasteiger partial charge in [0.2, 0.25) is 0 Å². The molecule has 0 aliphatic rings. The summed E-state index contributed by atoms with van der Waals surface area (Å²) in [6.45, 7) is 1.92. The molecule has 0 radical (unpaired) electrons. The average molecular weight is 167 g/mol. The fourth-order valence-electron chi connectivity index (χ4n) is 0.793. The van der Waals surface area contributed by atoms with Gasteiger partial charge in [0.05, 0.1) is 7.11 Å². The smallest absolute Gasteiger partial charge is 0.154 e. The number of anilines is 2. The number of nitrogens with two attached hydrogens (primary N) is 1.